The zero-order valence-electron chi connectivity index (χ0n) is 9.37. The van der Waals surface area contributed by atoms with Crippen LogP contribution in [0.25, 0.3) is 0 Å². The van der Waals surface area contributed by atoms with Crippen molar-refractivity contribution >= 4 is 17.7 Å². The molecule has 0 aromatic carbocycles. The third kappa shape index (κ3) is 4.86. The van der Waals surface area contributed by atoms with Crippen LogP contribution < -0.4 is 11.1 Å². The maximum Gasteiger partial charge on any atom is 0.232 e. The Morgan fingerprint density at radius 1 is 1.53 bits per heavy atom. The molecule has 0 aliphatic carbocycles. The molecule has 15 heavy (non-hydrogen) atoms. The molecule has 1 atom stereocenters. The second kappa shape index (κ2) is 7.09. The number of carbonyl (C=O) groups excluding carboxylic acids is 1. The van der Waals surface area contributed by atoms with Crippen LogP contribution in [0, 0.1) is 5.92 Å². The van der Waals surface area contributed by atoms with E-state index in [0.29, 0.717) is 18.2 Å². The third-order valence-corrected chi connectivity index (χ3v) is 3.76. The molecule has 0 aromatic heterocycles. The van der Waals surface area contributed by atoms with Gasteiger partial charge < -0.3 is 16.0 Å². The van der Waals surface area contributed by atoms with Crippen LogP contribution in [0.15, 0.2) is 0 Å². The van der Waals surface area contributed by atoms with Crippen LogP contribution in [0.4, 0.5) is 0 Å². The van der Waals surface area contributed by atoms with Gasteiger partial charge in [-0.3, -0.25) is 4.79 Å². The summed E-state index contributed by atoms with van der Waals surface area (Å²) in [5.74, 6) is 2.36. The number of amides is 1. The summed E-state index contributed by atoms with van der Waals surface area (Å²) in [6.45, 7) is 6.38. The van der Waals surface area contributed by atoms with E-state index in [2.05, 4.69) is 12.2 Å². The number of piperazine rings is 1. The molecule has 1 amide bonds. The minimum atomic E-state index is 0.269. The van der Waals surface area contributed by atoms with E-state index in [4.69, 9.17) is 5.73 Å². The molecule has 1 aliphatic heterocycles. The van der Waals surface area contributed by atoms with Crippen molar-refractivity contribution < 1.29 is 4.79 Å². The molecule has 1 fully saturated rings. The Hall–Kier alpha value is -0.260. The van der Waals surface area contributed by atoms with Gasteiger partial charge in [0.15, 0.2) is 0 Å². The van der Waals surface area contributed by atoms with Crippen molar-refractivity contribution in [2.45, 2.75) is 6.92 Å². The van der Waals surface area contributed by atoms with Crippen molar-refractivity contribution in [1.29, 1.82) is 0 Å². The quantitative estimate of drug-likeness (QED) is 0.685. The molecule has 5 heteroatoms. The Kier molecular flexibility index (Phi) is 6.05. The molecule has 1 aliphatic rings. The van der Waals surface area contributed by atoms with E-state index < -0.39 is 0 Å². The first-order valence-electron chi connectivity index (χ1n) is 5.50. The van der Waals surface area contributed by atoms with E-state index in [9.17, 15) is 4.79 Å². The molecule has 88 valence electrons. The summed E-state index contributed by atoms with van der Waals surface area (Å²) in [7, 11) is 0. The van der Waals surface area contributed by atoms with Crippen LogP contribution >= 0.6 is 11.8 Å². The highest BCUT2D eigenvalue weighted by Crippen LogP contribution is 2.08. The van der Waals surface area contributed by atoms with E-state index in [0.717, 1.165) is 31.9 Å². The number of nitrogens with two attached hydrogens (primary N) is 1. The van der Waals surface area contributed by atoms with Crippen molar-refractivity contribution in [3.63, 3.8) is 0 Å². The van der Waals surface area contributed by atoms with E-state index >= 15 is 0 Å². The van der Waals surface area contributed by atoms with Crippen molar-refractivity contribution in [2.75, 3.05) is 44.2 Å². The molecule has 1 saturated heterocycles. The van der Waals surface area contributed by atoms with Crippen LogP contribution in [0.3, 0.4) is 0 Å². The van der Waals surface area contributed by atoms with Crippen LogP contribution in [0.2, 0.25) is 0 Å². The minimum Gasteiger partial charge on any atom is -0.339 e. The molecule has 4 nitrogen and oxygen atoms in total. The number of thioether (sulfide) groups is 1. The van der Waals surface area contributed by atoms with Crippen molar-refractivity contribution in [1.82, 2.24) is 10.2 Å². The van der Waals surface area contributed by atoms with E-state index in [1.807, 2.05) is 4.90 Å². The Morgan fingerprint density at radius 2 is 2.20 bits per heavy atom. The summed E-state index contributed by atoms with van der Waals surface area (Å²) in [6, 6.07) is 0. The number of hydrogen-bond acceptors (Lipinski definition) is 4. The topological polar surface area (TPSA) is 58.4 Å². The molecule has 0 saturated carbocycles. The minimum absolute atomic E-state index is 0.269. The Morgan fingerprint density at radius 3 is 2.80 bits per heavy atom. The monoisotopic (exact) mass is 231 g/mol. The summed E-state index contributed by atoms with van der Waals surface area (Å²) in [4.78, 5) is 13.7. The molecule has 1 rings (SSSR count). The van der Waals surface area contributed by atoms with Crippen molar-refractivity contribution in [3.8, 4) is 0 Å². The summed E-state index contributed by atoms with van der Waals surface area (Å²) in [5, 5.41) is 3.24. The molecular weight excluding hydrogens is 210 g/mol. The van der Waals surface area contributed by atoms with Gasteiger partial charge in [0.1, 0.15) is 0 Å². The van der Waals surface area contributed by atoms with Gasteiger partial charge in [-0.25, -0.2) is 0 Å². The van der Waals surface area contributed by atoms with Crippen LogP contribution in [0.1, 0.15) is 6.92 Å². The number of carbonyl (C=O) groups is 1. The molecule has 3 N–H and O–H groups in total. The predicted octanol–water partition coefficient (Wildman–Crippen LogP) is -0.254. The zero-order chi connectivity index (χ0) is 11.1. The fourth-order valence-electron chi connectivity index (χ4n) is 1.42. The first-order chi connectivity index (χ1) is 7.24. The van der Waals surface area contributed by atoms with Crippen molar-refractivity contribution in [3.05, 3.63) is 0 Å². The summed E-state index contributed by atoms with van der Waals surface area (Å²) in [6.07, 6.45) is 0. The van der Waals surface area contributed by atoms with E-state index in [-0.39, 0.29) is 5.91 Å². The molecule has 0 bridgehead atoms. The standard InChI is InChI=1S/C10H21N3OS/c1-9(6-11)7-15-8-10(14)13-4-2-12-3-5-13/h9,12H,2-8,11H2,1H3. The SMILES string of the molecule is CC(CN)CSCC(=O)N1CCNCC1. The maximum absolute atomic E-state index is 11.7. The molecular formula is C10H21N3OS. The van der Waals surface area contributed by atoms with Gasteiger partial charge in [0.05, 0.1) is 5.75 Å². The summed E-state index contributed by atoms with van der Waals surface area (Å²) < 4.78 is 0. The van der Waals surface area contributed by atoms with Gasteiger partial charge in [0.25, 0.3) is 0 Å². The number of rotatable bonds is 5. The zero-order valence-corrected chi connectivity index (χ0v) is 10.2. The predicted molar refractivity (Wildman–Crippen MR) is 65.0 cm³/mol. The first kappa shape index (κ1) is 12.8. The molecule has 0 radical (unpaired) electrons. The largest absolute Gasteiger partial charge is 0.339 e. The Labute approximate surface area is 96.0 Å². The lowest BCUT2D eigenvalue weighted by Crippen LogP contribution is -2.47. The van der Waals surface area contributed by atoms with Crippen molar-refractivity contribution in [2.24, 2.45) is 11.7 Å². The number of nitrogens with zero attached hydrogens (tertiary/aromatic N) is 1. The highest BCUT2D eigenvalue weighted by Gasteiger charge is 2.15. The highest BCUT2D eigenvalue weighted by molar-refractivity contribution is 7.99. The Balaban J connectivity index is 2.12. The number of nitrogens with one attached hydrogen (secondary N) is 1. The van der Waals surface area contributed by atoms with Gasteiger partial charge in [-0.1, -0.05) is 6.92 Å². The Bertz CT molecular complexity index is 195. The summed E-state index contributed by atoms with van der Waals surface area (Å²) in [5.41, 5.74) is 5.51. The molecule has 0 aromatic rings. The van der Waals surface area contributed by atoms with E-state index in [1.165, 1.54) is 0 Å². The first-order valence-corrected chi connectivity index (χ1v) is 6.65. The summed E-state index contributed by atoms with van der Waals surface area (Å²) >= 11 is 1.70. The number of hydrogen-bond donors (Lipinski definition) is 2. The second-order valence-electron chi connectivity index (χ2n) is 3.99. The average molecular weight is 231 g/mol. The fraction of sp³-hybridized carbons (Fsp3) is 0.900. The average Bonchev–Trinajstić information content (AvgIpc) is 2.29. The van der Waals surface area contributed by atoms with Gasteiger partial charge in [0.2, 0.25) is 5.91 Å². The van der Waals surface area contributed by atoms with Crippen LogP contribution in [-0.4, -0.2) is 55.0 Å². The molecule has 1 heterocycles. The fourth-order valence-corrected chi connectivity index (χ4v) is 2.43. The normalized spacial score (nSPS) is 18.9. The van der Waals surface area contributed by atoms with Gasteiger partial charge in [0, 0.05) is 26.2 Å². The van der Waals surface area contributed by atoms with Crippen LogP contribution in [0.5, 0.6) is 0 Å². The van der Waals surface area contributed by atoms with Gasteiger partial charge in [-0.2, -0.15) is 11.8 Å². The lowest BCUT2D eigenvalue weighted by atomic mass is 10.2. The third-order valence-electron chi connectivity index (χ3n) is 2.50. The maximum atomic E-state index is 11.7. The molecule has 1 unspecified atom stereocenters. The van der Waals surface area contributed by atoms with Gasteiger partial charge in [-0.15, -0.1) is 0 Å². The highest BCUT2D eigenvalue weighted by atomic mass is 32.2. The van der Waals surface area contributed by atoms with Crippen LogP contribution in [-0.2, 0) is 4.79 Å². The smallest absolute Gasteiger partial charge is 0.232 e. The lowest BCUT2D eigenvalue weighted by Gasteiger charge is -2.27. The molecule has 0 spiro atoms. The van der Waals surface area contributed by atoms with Gasteiger partial charge >= 0.3 is 0 Å². The van der Waals surface area contributed by atoms with E-state index in [1.54, 1.807) is 11.8 Å². The lowest BCUT2D eigenvalue weighted by molar-refractivity contribution is -0.128. The second-order valence-corrected chi connectivity index (χ2v) is 5.02. The van der Waals surface area contributed by atoms with Gasteiger partial charge in [-0.05, 0) is 18.2 Å².